The molecule has 0 unspecified atom stereocenters. The van der Waals surface area contributed by atoms with E-state index in [1.807, 2.05) is 31.2 Å². The molecule has 0 spiro atoms. The molecule has 22 heavy (non-hydrogen) atoms. The van der Waals surface area contributed by atoms with Crippen molar-refractivity contribution >= 4 is 16.0 Å². The zero-order valence-electron chi connectivity index (χ0n) is 12.7. The fraction of sp³-hybridized carbons (Fsp3) is 0.267. The first kappa shape index (κ1) is 16.3. The van der Waals surface area contributed by atoms with E-state index in [1.54, 1.807) is 7.05 Å². The number of ether oxygens (including phenoxy) is 1. The molecule has 0 saturated heterocycles. The van der Waals surface area contributed by atoms with Gasteiger partial charge in [0.1, 0.15) is 10.6 Å². The van der Waals surface area contributed by atoms with Gasteiger partial charge in [-0.05, 0) is 24.1 Å². The third kappa shape index (κ3) is 3.37. The number of hydrogen-bond acceptors (Lipinski definition) is 4. The quantitative estimate of drug-likeness (QED) is 0.848. The number of aryl methyl sites for hydroxylation is 2. The maximum absolute atomic E-state index is 12.3. The third-order valence-electron chi connectivity index (χ3n) is 3.40. The summed E-state index contributed by atoms with van der Waals surface area (Å²) >= 11 is 0. The summed E-state index contributed by atoms with van der Waals surface area (Å²) in [6.45, 7) is 2.11. The summed E-state index contributed by atoms with van der Waals surface area (Å²) in [4.78, 5) is 11.6. The molecule has 0 saturated carbocycles. The highest BCUT2D eigenvalue weighted by atomic mass is 32.2. The largest absolute Gasteiger partial charge is 0.464 e. The third-order valence-corrected chi connectivity index (χ3v) is 4.77. The number of hydrogen-bond donors (Lipinski definition) is 1. The fourth-order valence-electron chi connectivity index (χ4n) is 2.05. The Morgan fingerprint density at radius 3 is 2.64 bits per heavy atom. The van der Waals surface area contributed by atoms with E-state index in [-0.39, 0.29) is 17.1 Å². The molecule has 6 nitrogen and oxygen atoms in total. The first-order valence-corrected chi connectivity index (χ1v) is 8.12. The average Bonchev–Trinajstić information content (AvgIpc) is 2.88. The van der Waals surface area contributed by atoms with Crippen LogP contribution in [0.5, 0.6) is 0 Å². The number of sulfonamides is 1. The van der Waals surface area contributed by atoms with Crippen LogP contribution in [-0.2, 0) is 28.4 Å². The Morgan fingerprint density at radius 1 is 1.32 bits per heavy atom. The molecule has 118 valence electrons. The Kier molecular flexibility index (Phi) is 4.68. The molecule has 2 aromatic rings. The fourth-order valence-corrected chi connectivity index (χ4v) is 3.13. The van der Waals surface area contributed by atoms with Crippen molar-refractivity contribution in [1.82, 2.24) is 9.29 Å². The summed E-state index contributed by atoms with van der Waals surface area (Å²) in [5, 5.41) is 0. The van der Waals surface area contributed by atoms with Crippen molar-refractivity contribution in [3.8, 4) is 0 Å². The lowest BCUT2D eigenvalue weighted by atomic mass is 10.1. The number of carbonyl (C=O) groups excluding carboxylic acids is 1. The van der Waals surface area contributed by atoms with Gasteiger partial charge < -0.3 is 9.30 Å². The molecule has 1 aromatic heterocycles. The molecule has 0 radical (unpaired) electrons. The van der Waals surface area contributed by atoms with Crippen LogP contribution in [0.4, 0.5) is 0 Å². The predicted molar refractivity (Wildman–Crippen MR) is 82.0 cm³/mol. The summed E-state index contributed by atoms with van der Waals surface area (Å²) in [6, 6.07) is 8.83. The van der Waals surface area contributed by atoms with Gasteiger partial charge in [0.2, 0.25) is 10.0 Å². The van der Waals surface area contributed by atoms with E-state index in [0.717, 1.165) is 11.1 Å². The molecule has 0 aliphatic carbocycles. The van der Waals surface area contributed by atoms with E-state index in [0.29, 0.717) is 0 Å². The molecule has 1 heterocycles. The maximum atomic E-state index is 12.3. The molecule has 1 N–H and O–H groups in total. The zero-order chi connectivity index (χ0) is 16.3. The van der Waals surface area contributed by atoms with Crippen LogP contribution in [0, 0.1) is 6.92 Å². The Bertz CT molecular complexity index is 794. The van der Waals surface area contributed by atoms with E-state index in [1.165, 1.54) is 23.9 Å². The molecule has 2 rings (SSSR count). The SMILES string of the molecule is COC(=O)c1cc(S(=O)(=O)NCc2ccccc2C)cn1C. The number of carbonyl (C=O) groups is 1. The minimum Gasteiger partial charge on any atom is -0.464 e. The highest BCUT2D eigenvalue weighted by Gasteiger charge is 2.20. The minimum absolute atomic E-state index is 0.0315. The Balaban J connectivity index is 2.21. The number of methoxy groups -OCH3 is 1. The van der Waals surface area contributed by atoms with Crippen molar-refractivity contribution in [2.75, 3.05) is 7.11 Å². The topological polar surface area (TPSA) is 77.4 Å². The lowest BCUT2D eigenvalue weighted by Gasteiger charge is -2.07. The zero-order valence-corrected chi connectivity index (χ0v) is 13.5. The second-order valence-electron chi connectivity index (χ2n) is 4.91. The standard InChI is InChI=1S/C15H18N2O4S/c1-11-6-4-5-7-12(11)9-16-22(19,20)13-8-14(15(18)21-3)17(2)10-13/h4-8,10,16H,9H2,1-3H3. The summed E-state index contributed by atoms with van der Waals surface area (Å²) < 4.78 is 33.2. The van der Waals surface area contributed by atoms with Crippen LogP contribution in [0.3, 0.4) is 0 Å². The van der Waals surface area contributed by atoms with Gasteiger partial charge in [0.15, 0.2) is 0 Å². The van der Waals surface area contributed by atoms with Crippen LogP contribution in [0.2, 0.25) is 0 Å². The first-order valence-electron chi connectivity index (χ1n) is 6.64. The van der Waals surface area contributed by atoms with Crippen LogP contribution in [0.1, 0.15) is 21.6 Å². The Labute approximate surface area is 129 Å². The van der Waals surface area contributed by atoms with Crippen molar-refractivity contribution in [3.05, 3.63) is 53.3 Å². The Hall–Kier alpha value is -2.12. The van der Waals surface area contributed by atoms with Gasteiger partial charge in [0.05, 0.1) is 7.11 Å². The molecule has 0 aliphatic rings. The van der Waals surface area contributed by atoms with Gasteiger partial charge in [-0.1, -0.05) is 24.3 Å². The lowest BCUT2D eigenvalue weighted by Crippen LogP contribution is -2.23. The second-order valence-corrected chi connectivity index (χ2v) is 6.68. The number of benzene rings is 1. The van der Waals surface area contributed by atoms with Crippen LogP contribution < -0.4 is 4.72 Å². The summed E-state index contributed by atoms with van der Waals surface area (Å²) in [5.41, 5.74) is 2.09. The average molecular weight is 322 g/mol. The van der Waals surface area contributed by atoms with Gasteiger partial charge >= 0.3 is 5.97 Å². The van der Waals surface area contributed by atoms with E-state index < -0.39 is 16.0 Å². The van der Waals surface area contributed by atoms with Gasteiger partial charge in [-0.25, -0.2) is 17.9 Å². The molecule has 1 aromatic carbocycles. The van der Waals surface area contributed by atoms with Gasteiger partial charge in [-0.3, -0.25) is 0 Å². The van der Waals surface area contributed by atoms with Gasteiger partial charge in [0.25, 0.3) is 0 Å². The predicted octanol–water partition coefficient (Wildman–Crippen LogP) is 1.60. The highest BCUT2D eigenvalue weighted by Crippen LogP contribution is 2.15. The van der Waals surface area contributed by atoms with Crippen LogP contribution in [0.25, 0.3) is 0 Å². The van der Waals surface area contributed by atoms with Crippen molar-refractivity contribution in [2.45, 2.75) is 18.4 Å². The van der Waals surface area contributed by atoms with E-state index >= 15 is 0 Å². The first-order chi connectivity index (χ1) is 10.3. The molecular formula is C15H18N2O4S. The number of esters is 1. The van der Waals surface area contributed by atoms with E-state index in [9.17, 15) is 13.2 Å². The molecule has 0 amide bonds. The van der Waals surface area contributed by atoms with Crippen molar-refractivity contribution in [2.24, 2.45) is 7.05 Å². The highest BCUT2D eigenvalue weighted by molar-refractivity contribution is 7.89. The molecule has 0 atom stereocenters. The van der Waals surface area contributed by atoms with Crippen molar-refractivity contribution < 1.29 is 17.9 Å². The molecule has 0 aliphatic heterocycles. The smallest absolute Gasteiger partial charge is 0.354 e. The minimum atomic E-state index is -3.70. The molecule has 0 bridgehead atoms. The number of nitrogens with one attached hydrogen (secondary N) is 1. The normalized spacial score (nSPS) is 11.4. The lowest BCUT2D eigenvalue weighted by molar-refractivity contribution is 0.0590. The van der Waals surface area contributed by atoms with E-state index in [2.05, 4.69) is 9.46 Å². The number of rotatable bonds is 5. The van der Waals surface area contributed by atoms with Crippen molar-refractivity contribution in [3.63, 3.8) is 0 Å². The second kappa shape index (κ2) is 6.33. The van der Waals surface area contributed by atoms with Gasteiger partial charge in [-0.2, -0.15) is 0 Å². The van der Waals surface area contributed by atoms with E-state index in [4.69, 9.17) is 0 Å². The Morgan fingerprint density at radius 2 is 2.00 bits per heavy atom. The monoisotopic (exact) mass is 322 g/mol. The maximum Gasteiger partial charge on any atom is 0.354 e. The molecule has 0 fully saturated rings. The van der Waals surface area contributed by atoms with Gasteiger partial charge in [-0.15, -0.1) is 0 Å². The van der Waals surface area contributed by atoms with Crippen LogP contribution in [-0.4, -0.2) is 26.1 Å². The summed E-state index contributed by atoms with van der Waals surface area (Å²) in [6.07, 6.45) is 1.38. The summed E-state index contributed by atoms with van der Waals surface area (Å²) in [7, 11) is -0.857. The van der Waals surface area contributed by atoms with Crippen LogP contribution >= 0.6 is 0 Å². The number of aromatic nitrogens is 1. The van der Waals surface area contributed by atoms with Gasteiger partial charge in [0, 0.05) is 19.8 Å². The molecular weight excluding hydrogens is 304 g/mol. The summed E-state index contributed by atoms with van der Waals surface area (Å²) in [5.74, 6) is -0.581. The number of nitrogens with zero attached hydrogens (tertiary/aromatic N) is 1. The van der Waals surface area contributed by atoms with Crippen molar-refractivity contribution in [1.29, 1.82) is 0 Å². The van der Waals surface area contributed by atoms with Crippen LogP contribution in [0.15, 0.2) is 41.4 Å². The molecule has 7 heteroatoms.